The van der Waals surface area contributed by atoms with Crippen LogP contribution in [0.3, 0.4) is 0 Å². The Morgan fingerprint density at radius 1 is 0.941 bits per heavy atom. The van der Waals surface area contributed by atoms with Crippen molar-refractivity contribution in [3.05, 3.63) is 78.0 Å². The number of hydrogen-bond donors (Lipinski definition) is 2. The number of nitrogens with two attached hydrogens (primary N) is 1. The van der Waals surface area contributed by atoms with Gasteiger partial charge in [-0.1, -0.05) is 61.2 Å². The predicted molar refractivity (Wildman–Crippen MR) is 195 cm³/mol. The first kappa shape index (κ1) is 49.9. The van der Waals surface area contributed by atoms with Crippen LogP contribution in [-0.4, -0.2) is 45.3 Å². The van der Waals surface area contributed by atoms with E-state index >= 15 is 0 Å². The molecule has 2 aromatic carbocycles. The molecule has 0 unspecified atom stereocenters. The van der Waals surface area contributed by atoms with Crippen LogP contribution in [0.25, 0.3) is 16.0 Å². The van der Waals surface area contributed by atoms with Crippen LogP contribution in [0.15, 0.2) is 65.1 Å². The number of nitrogen functional groups attached to an aromatic ring is 1. The van der Waals surface area contributed by atoms with Crippen molar-refractivity contribution in [1.82, 2.24) is 19.5 Å². The SMILES string of the molecule is CCS(=O)(=O)c1nc2ncn(-c3c(C)cccc3Br)c(=O)c2s1.CCSc1nc(N)c(C(=O)Nc2c(C)cccc2Br)s1.F.F.FF.FF.FF. The molecule has 5 aromatic rings. The molecule has 51 heavy (non-hydrogen) atoms. The molecule has 0 bridgehead atoms. The molecule has 0 spiro atoms. The highest BCUT2D eigenvalue weighted by Gasteiger charge is 2.21. The summed E-state index contributed by atoms with van der Waals surface area (Å²) in [4.78, 5) is 37.8. The summed E-state index contributed by atoms with van der Waals surface area (Å²) in [6.45, 7) is 7.40. The Morgan fingerprint density at radius 2 is 1.51 bits per heavy atom. The number of carbonyl (C=O) groups is 1. The molecule has 0 aliphatic rings. The highest BCUT2D eigenvalue weighted by atomic mass is 79.9. The number of halogens is 10. The lowest BCUT2D eigenvalue weighted by Gasteiger charge is -2.10. The third kappa shape index (κ3) is 12.8. The fourth-order valence-electron chi connectivity index (χ4n) is 3.76. The van der Waals surface area contributed by atoms with E-state index in [1.54, 1.807) is 11.8 Å². The van der Waals surface area contributed by atoms with Gasteiger partial charge in [-0.25, -0.2) is 23.4 Å². The van der Waals surface area contributed by atoms with Crippen LogP contribution < -0.4 is 16.6 Å². The van der Waals surface area contributed by atoms with E-state index in [2.05, 4.69) is 52.1 Å². The quantitative estimate of drug-likeness (QED) is 0.120. The molecule has 24 heteroatoms. The van der Waals surface area contributed by atoms with Gasteiger partial charge in [0.25, 0.3) is 11.5 Å². The molecule has 284 valence electrons. The van der Waals surface area contributed by atoms with Crippen molar-refractivity contribution >= 4 is 104 Å². The summed E-state index contributed by atoms with van der Waals surface area (Å²) in [7, 11) is -3.46. The lowest BCUT2D eigenvalue weighted by Crippen LogP contribution is -2.19. The number of hydrogen-bond acceptors (Lipinski definition) is 11. The number of aryl methyl sites for hydroxylation is 2. The van der Waals surface area contributed by atoms with Crippen LogP contribution in [-0.2, 0) is 9.84 Å². The zero-order chi connectivity index (χ0) is 37.5. The standard InChI is InChI=1S/C14H12BrN3O3S2.C13H14BrN3OS2.3F2.2FH/c1-3-23(20,21)14-17-12-11(22-14)13(19)18(7-16-12)10-8(2)5-4-6-9(10)15;1-3-19-13-17-11(15)10(20-13)12(18)16-9-7(2)5-4-6-8(9)14;3*1-2;;/h4-7H,3H2,1-2H3;4-6H,3,15H2,1-2H3,(H,16,18);;;;2*1H. The maximum absolute atomic E-state index is 12.7. The van der Waals surface area contributed by atoms with Gasteiger partial charge in [0.1, 0.15) is 21.7 Å². The summed E-state index contributed by atoms with van der Waals surface area (Å²) in [5.74, 6) is 0.896. The number of benzene rings is 2. The van der Waals surface area contributed by atoms with Gasteiger partial charge in [-0.05, 0) is 74.7 Å². The highest BCUT2D eigenvalue weighted by molar-refractivity contribution is 9.11. The Kier molecular flexibility index (Phi) is 23.6. The van der Waals surface area contributed by atoms with Crippen LogP contribution >= 0.6 is 66.3 Å². The Labute approximate surface area is 314 Å². The number of nitrogens with one attached hydrogen (secondary N) is 1. The van der Waals surface area contributed by atoms with Crippen LogP contribution in [0, 0.1) is 13.8 Å². The zero-order valence-corrected chi connectivity index (χ0v) is 32.9. The second-order valence-electron chi connectivity index (χ2n) is 8.87. The van der Waals surface area contributed by atoms with Gasteiger partial charge in [-0.3, -0.25) is 23.6 Å². The first-order valence-electron chi connectivity index (χ1n) is 13.1. The van der Waals surface area contributed by atoms with E-state index < -0.39 is 9.84 Å². The number of sulfone groups is 1. The van der Waals surface area contributed by atoms with Crippen molar-refractivity contribution in [2.45, 2.75) is 36.4 Å². The number of para-hydroxylation sites is 2. The van der Waals surface area contributed by atoms with Crippen molar-refractivity contribution in [1.29, 1.82) is 0 Å². The minimum absolute atomic E-state index is 0. The highest BCUT2D eigenvalue weighted by Crippen LogP contribution is 2.32. The maximum atomic E-state index is 12.7. The molecule has 0 aliphatic heterocycles. The van der Waals surface area contributed by atoms with E-state index in [0.717, 1.165) is 47.2 Å². The molecule has 0 aliphatic carbocycles. The van der Waals surface area contributed by atoms with Crippen molar-refractivity contribution in [2.24, 2.45) is 0 Å². The van der Waals surface area contributed by atoms with Crippen LogP contribution in [0.4, 0.5) is 48.4 Å². The van der Waals surface area contributed by atoms with Crippen molar-refractivity contribution < 1.29 is 50.1 Å². The predicted octanol–water partition coefficient (Wildman–Crippen LogP) is 9.69. The minimum atomic E-state index is -3.46. The second kappa shape index (κ2) is 24.1. The number of rotatable bonds is 7. The van der Waals surface area contributed by atoms with E-state index in [0.29, 0.717) is 10.6 Å². The first-order valence-corrected chi connectivity index (χ1v) is 19.0. The topological polar surface area (TPSA) is 150 Å². The normalized spacial score (nSPS) is 9.88. The third-order valence-electron chi connectivity index (χ3n) is 5.94. The zero-order valence-electron chi connectivity index (χ0n) is 26.4. The number of anilines is 2. The average molecular weight is 941 g/mol. The maximum Gasteiger partial charge on any atom is 0.277 e. The number of fused-ring (bicyclic) bond motifs is 1. The lowest BCUT2D eigenvalue weighted by atomic mass is 10.2. The summed E-state index contributed by atoms with van der Waals surface area (Å²) in [6.07, 6.45) is 1.37. The van der Waals surface area contributed by atoms with Gasteiger partial charge in [0.2, 0.25) is 14.2 Å². The van der Waals surface area contributed by atoms with Crippen LogP contribution in [0.5, 0.6) is 0 Å². The third-order valence-corrected chi connectivity index (χ3v) is 12.6. The Balaban J connectivity index is 0. The fraction of sp³-hybridized carbons (Fsp3) is 0.222. The van der Waals surface area contributed by atoms with Gasteiger partial charge in [0.05, 0.1) is 17.1 Å². The van der Waals surface area contributed by atoms with Crippen molar-refractivity contribution in [3.63, 3.8) is 0 Å². The molecule has 3 aromatic heterocycles. The van der Waals surface area contributed by atoms with Crippen LogP contribution in [0.1, 0.15) is 34.6 Å². The van der Waals surface area contributed by atoms with E-state index in [4.69, 9.17) is 33.2 Å². The largest absolute Gasteiger partial charge is 0.382 e. The van der Waals surface area contributed by atoms with Crippen molar-refractivity contribution in [3.8, 4) is 5.69 Å². The van der Waals surface area contributed by atoms with E-state index in [1.807, 2.05) is 57.2 Å². The van der Waals surface area contributed by atoms with E-state index in [9.17, 15) is 18.0 Å². The molecule has 0 saturated heterocycles. The van der Waals surface area contributed by atoms with Gasteiger partial charge in [-0.2, -0.15) is 0 Å². The molecule has 0 fully saturated rings. The lowest BCUT2D eigenvalue weighted by molar-refractivity contribution is 0.103. The van der Waals surface area contributed by atoms with Gasteiger partial charge < -0.3 is 11.1 Å². The first-order chi connectivity index (χ1) is 23.4. The molecule has 5 rings (SSSR count). The Morgan fingerprint density at radius 3 is 2.04 bits per heavy atom. The number of carbonyl (C=O) groups excluding carboxylic acids is 1. The van der Waals surface area contributed by atoms with Crippen LogP contribution in [0.2, 0.25) is 0 Å². The Bertz CT molecular complexity index is 1980. The van der Waals surface area contributed by atoms with E-state index in [1.165, 1.54) is 29.2 Å². The number of thioether (sulfide) groups is 1. The summed E-state index contributed by atoms with van der Waals surface area (Å²) in [5, 5.41) is 2.89. The summed E-state index contributed by atoms with van der Waals surface area (Å²) < 4.78 is 75.9. The summed E-state index contributed by atoms with van der Waals surface area (Å²) >= 11 is 10.6. The average Bonchev–Trinajstić information content (AvgIpc) is 3.71. The smallest absolute Gasteiger partial charge is 0.277 e. The van der Waals surface area contributed by atoms with Gasteiger partial charge in [-0.15, -0.1) is 11.3 Å². The number of nitrogens with zero attached hydrogens (tertiary/aromatic N) is 4. The molecule has 10 nitrogen and oxygen atoms in total. The second-order valence-corrected chi connectivity index (χ2v) is 16.5. The number of aromatic nitrogens is 4. The number of thiazole rings is 2. The van der Waals surface area contributed by atoms with Gasteiger partial charge >= 0.3 is 0 Å². The minimum Gasteiger partial charge on any atom is -0.382 e. The molecular formula is C27H28Br2F8N6O4S4. The molecular weight excluding hydrogens is 912 g/mol. The van der Waals surface area contributed by atoms with Gasteiger partial charge in [0.15, 0.2) is 9.99 Å². The summed E-state index contributed by atoms with van der Waals surface area (Å²) in [5.41, 5.74) is 8.96. The molecule has 0 saturated carbocycles. The molecule has 0 atom stereocenters. The Hall–Kier alpha value is -3.19. The molecule has 3 N–H and O–H groups in total. The fourth-order valence-corrected chi connectivity index (χ4v) is 9.11. The van der Waals surface area contributed by atoms with Gasteiger partial charge in [0, 0.05) is 36.4 Å². The van der Waals surface area contributed by atoms with Crippen molar-refractivity contribution in [2.75, 3.05) is 22.6 Å². The molecule has 3 heterocycles. The number of amides is 1. The monoisotopic (exact) mass is 938 g/mol. The molecule has 1 amide bonds. The van der Waals surface area contributed by atoms with E-state index in [-0.39, 0.29) is 47.1 Å². The molecule has 0 radical (unpaired) electrons. The summed E-state index contributed by atoms with van der Waals surface area (Å²) in [6, 6.07) is 11.3.